The molecule has 3 aromatic rings. The van der Waals surface area contributed by atoms with Crippen molar-refractivity contribution < 1.29 is 19.5 Å². The molecule has 0 saturated carbocycles. The van der Waals surface area contributed by atoms with Gasteiger partial charge in [0.05, 0.1) is 0 Å². The quantitative estimate of drug-likeness (QED) is 0.574. The van der Waals surface area contributed by atoms with Gasteiger partial charge in [-0.2, -0.15) is 0 Å². The second-order valence-electron chi connectivity index (χ2n) is 6.90. The number of carbonyl (C=O) groups excluding carboxylic acids is 3. The Morgan fingerprint density at radius 1 is 1.21 bits per heavy atom. The minimum absolute atomic E-state index is 0.0440. The average molecular weight is 412 g/mol. The fourth-order valence-corrected chi connectivity index (χ4v) is 3.74. The van der Waals surface area contributed by atoms with E-state index in [1.54, 1.807) is 42.6 Å². The molecule has 2 aromatic carbocycles. The SMILES string of the molecule is O=C1CCC(n2cc3c(CNC(=O)c4cccc(Cl)c4)cccc3c2O)C(=O)N1. The maximum absolute atomic E-state index is 12.4. The molecule has 1 fully saturated rings. The lowest BCUT2D eigenvalue weighted by molar-refractivity contribution is -0.135. The number of benzene rings is 2. The summed E-state index contributed by atoms with van der Waals surface area (Å²) in [5.41, 5.74) is 1.24. The number of carbonyl (C=O) groups is 3. The van der Waals surface area contributed by atoms with Crippen LogP contribution in [0.25, 0.3) is 10.8 Å². The normalized spacial score (nSPS) is 16.7. The van der Waals surface area contributed by atoms with E-state index in [1.807, 2.05) is 6.07 Å². The van der Waals surface area contributed by atoms with Gasteiger partial charge < -0.3 is 15.0 Å². The van der Waals surface area contributed by atoms with Crippen LogP contribution in [0.4, 0.5) is 0 Å². The highest BCUT2D eigenvalue weighted by Crippen LogP contribution is 2.34. The number of piperidine rings is 1. The third kappa shape index (κ3) is 3.69. The molecule has 1 saturated heterocycles. The van der Waals surface area contributed by atoms with Crippen molar-refractivity contribution in [3.8, 4) is 5.88 Å². The van der Waals surface area contributed by atoms with Crippen LogP contribution in [0.2, 0.25) is 5.02 Å². The highest BCUT2D eigenvalue weighted by Gasteiger charge is 2.30. The number of amides is 3. The van der Waals surface area contributed by atoms with Gasteiger partial charge in [0.1, 0.15) is 6.04 Å². The van der Waals surface area contributed by atoms with Crippen molar-refractivity contribution in [2.24, 2.45) is 0 Å². The Bertz CT molecular complexity index is 1140. The van der Waals surface area contributed by atoms with Crippen molar-refractivity contribution in [1.82, 2.24) is 15.2 Å². The van der Waals surface area contributed by atoms with Gasteiger partial charge in [-0.15, -0.1) is 0 Å². The number of nitrogens with one attached hydrogen (secondary N) is 2. The molecule has 1 aromatic heterocycles. The van der Waals surface area contributed by atoms with E-state index in [1.165, 1.54) is 4.57 Å². The van der Waals surface area contributed by atoms with Gasteiger partial charge >= 0.3 is 0 Å². The van der Waals surface area contributed by atoms with Gasteiger partial charge in [-0.1, -0.05) is 29.8 Å². The van der Waals surface area contributed by atoms with Gasteiger partial charge in [0.25, 0.3) is 5.91 Å². The summed E-state index contributed by atoms with van der Waals surface area (Å²) in [5, 5.41) is 17.6. The zero-order valence-corrected chi connectivity index (χ0v) is 16.1. The van der Waals surface area contributed by atoms with E-state index in [0.717, 1.165) is 10.9 Å². The monoisotopic (exact) mass is 411 g/mol. The van der Waals surface area contributed by atoms with Crippen LogP contribution in [0.15, 0.2) is 48.7 Å². The molecule has 1 atom stereocenters. The molecular formula is C21H18ClN3O4. The molecule has 0 aliphatic carbocycles. The van der Waals surface area contributed by atoms with E-state index in [-0.39, 0.29) is 30.7 Å². The van der Waals surface area contributed by atoms with E-state index >= 15 is 0 Å². The van der Waals surface area contributed by atoms with Gasteiger partial charge in [0.15, 0.2) is 5.88 Å². The van der Waals surface area contributed by atoms with E-state index in [9.17, 15) is 19.5 Å². The lowest BCUT2D eigenvalue weighted by Crippen LogP contribution is -2.41. The molecule has 0 radical (unpaired) electrons. The number of hydrogen-bond acceptors (Lipinski definition) is 4. The number of fused-ring (bicyclic) bond motifs is 1. The van der Waals surface area contributed by atoms with Crippen molar-refractivity contribution in [2.75, 3.05) is 0 Å². The first kappa shape index (κ1) is 19.0. The van der Waals surface area contributed by atoms with E-state index < -0.39 is 11.9 Å². The third-order valence-electron chi connectivity index (χ3n) is 5.02. The maximum atomic E-state index is 12.4. The second-order valence-corrected chi connectivity index (χ2v) is 7.33. The molecule has 0 spiro atoms. The topological polar surface area (TPSA) is 100 Å². The largest absolute Gasteiger partial charge is 0.494 e. The first-order chi connectivity index (χ1) is 13.9. The fourth-order valence-electron chi connectivity index (χ4n) is 3.55. The van der Waals surface area contributed by atoms with Gasteiger partial charge in [-0.25, -0.2) is 0 Å². The van der Waals surface area contributed by atoms with Gasteiger partial charge in [0.2, 0.25) is 11.8 Å². The molecule has 29 heavy (non-hydrogen) atoms. The van der Waals surface area contributed by atoms with Gasteiger partial charge in [-0.05, 0) is 36.2 Å². The first-order valence-electron chi connectivity index (χ1n) is 9.13. The Balaban J connectivity index is 1.60. The highest BCUT2D eigenvalue weighted by atomic mass is 35.5. The molecule has 3 amide bonds. The fraction of sp³-hybridized carbons (Fsp3) is 0.190. The number of nitrogens with zero attached hydrogens (tertiary/aromatic N) is 1. The van der Waals surface area contributed by atoms with Crippen molar-refractivity contribution in [3.05, 3.63) is 64.8 Å². The zero-order valence-electron chi connectivity index (χ0n) is 15.3. The van der Waals surface area contributed by atoms with Crippen LogP contribution in [0.5, 0.6) is 5.88 Å². The minimum atomic E-state index is -0.658. The third-order valence-corrected chi connectivity index (χ3v) is 5.26. The summed E-state index contributed by atoms with van der Waals surface area (Å²) >= 11 is 5.93. The van der Waals surface area contributed by atoms with Crippen LogP contribution in [0, 0.1) is 0 Å². The first-order valence-corrected chi connectivity index (χ1v) is 9.50. The van der Waals surface area contributed by atoms with E-state index in [2.05, 4.69) is 10.6 Å². The molecule has 1 aliphatic heterocycles. The number of hydrogen-bond donors (Lipinski definition) is 3. The Morgan fingerprint density at radius 2 is 2.00 bits per heavy atom. The smallest absolute Gasteiger partial charge is 0.251 e. The molecule has 4 rings (SSSR count). The maximum Gasteiger partial charge on any atom is 0.251 e. The van der Waals surface area contributed by atoms with E-state index in [0.29, 0.717) is 22.4 Å². The predicted molar refractivity (Wildman–Crippen MR) is 108 cm³/mol. The molecule has 0 bridgehead atoms. The zero-order chi connectivity index (χ0) is 20.5. The standard InChI is InChI=1S/C21H18ClN3O4/c22-14-5-1-3-12(9-14)19(27)23-10-13-4-2-6-15-16(13)11-25(21(15)29)17-7-8-18(26)24-20(17)28/h1-6,9,11,17,29H,7-8,10H2,(H,23,27)(H,24,26,28). The van der Waals surface area contributed by atoms with Crippen molar-refractivity contribution in [1.29, 1.82) is 0 Å². The van der Waals surface area contributed by atoms with Crippen molar-refractivity contribution in [2.45, 2.75) is 25.4 Å². The van der Waals surface area contributed by atoms with Crippen LogP contribution < -0.4 is 10.6 Å². The predicted octanol–water partition coefficient (Wildman–Crippen LogP) is 2.91. The summed E-state index contributed by atoms with van der Waals surface area (Å²) in [6, 6.07) is 11.4. The van der Waals surface area contributed by atoms with Crippen molar-refractivity contribution >= 4 is 40.1 Å². The van der Waals surface area contributed by atoms with Crippen LogP contribution >= 0.6 is 11.6 Å². The van der Waals surface area contributed by atoms with Crippen molar-refractivity contribution in [3.63, 3.8) is 0 Å². The van der Waals surface area contributed by atoms with Gasteiger partial charge in [-0.3, -0.25) is 19.7 Å². The molecule has 3 N–H and O–H groups in total. The molecule has 8 heteroatoms. The summed E-state index contributed by atoms with van der Waals surface area (Å²) in [7, 11) is 0. The Labute approximate surface area is 171 Å². The molecule has 7 nitrogen and oxygen atoms in total. The molecule has 2 heterocycles. The van der Waals surface area contributed by atoms with Crippen LogP contribution in [0.3, 0.4) is 0 Å². The van der Waals surface area contributed by atoms with Crippen LogP contribution in [-0.2, 0) is 16.1 Å². The Hall–Kier alpha value is -3.32. The Morgan fingerprint density at radius 3 is 2.76 bits per heavy atom. The van der Waals surface area contributed by atoms with Gasteiger partial charge in [0, 0.05) is 40.5 Å². The van der Waals surface area contributed by atoms with Crippen LogP contribution in [0.1, 0.15) is 34.8 Å². The summed E-state index contributed by atoms with van der Waals surface area (Å²) < 4.78 is 1.48. The number of imide groups is 1. The average Bonchev–Trinajstić information content (AvgIpc) is 3.03. The lowest BCUT2D eigenvalue weighted by atomic mass is 10.1. The number of rotatable bonds is 4. The summed E-state index contributed by atoms with van der Waals surface area (Å²) in [6.07, 6.45) is 2.22. The Kier molecular flexibility index (Phi) is 4.98. The van der Waals surface area contributed by atoms with Crippen LogP contribution in [-0.4, -0.2) is 27.4 Å². The molecule has 148 valence electrons. The molecular weight excluding hydrogens is 394 g/mol. The summed E-state index contributed by atoms with van der Waals surface area (Å²) in [4.78, 5) is 36.0. The molecule has 1 aliphatic rings. The second kappa shape index (κ2) is 7.60. The minimum Gasteiger partial charge on any atom is -0.494 e. The summed E-state index contributed by atoms with van der Waals surface area (Å²) in [5.74, 6) is -1.06. The van der Waals surface area contributed by atoms with E-state index in [4.69, 9.17) is 11.6 Å². The number of halogens is 1. The summed E-state index contributed by atoms with van der Waals surface area (Å²) in [6.45, 7) is 0.238. The lowest BCUT2D eigenvalue weighted by Gasteiger charge is -2.22. The highest BCUT2D eigenvalue weighted by molar-refractivity contribution is 6.30. The number of aromatic hydroxyl groups is 1. The number of aromatic nitrogens is 1. The molecule has 1 unspecified atom stereocenters.